The maximum absolute atomic E-state index is 9.62. The summed E-state index contributed by atoms with van der Waals surface area (Å²) in [6.45, 7) is 12.3. The minimum atomic E-state index is 0. The first-order chi connectivity index (χ1) is 13.6. The van der Waals surface area contributed by atoms with Crippen LogP contribution in [0.4, 0.5) is 0 Å². The number of hydrogen-bond acceptors (Lipinski definition) is 5. The molecule has 6 heteroatoms. The Balaban J connectivity index is 0.00000300. The van der Waals surface area contributed by atoms with Crippen LogP contribution in [-0.2, 0) is 0 Å². The third-order valence-electron chi connectivity index (χ3n) is 4.34. The van der Waals surface area contributed by atoms with Gasteiger partial charge in [0.25, 0.3) is 0 Å². The van der Waals surface area contributed by atoms with Gasteiger partial charge in [0.05, 0.1) is 0 Å². The van der Waals surface area contributed by atoms with Crippen molar-refractivity contribution < 1.29 is 9.84 Å². The van der Waals surface area contributed by atoms with Crippen LogP contribution in [-0.4, -0.2) is 46.2 Å². The average Bonchev–Trinajstić information content (AvgIpc) is 2.67. The molecule has 1 aromatic heterocycles. The van der Waals surface area contributed by atoms with E-state index >= 15 is 0 Å². The number of hydrogen-bond donors (Lipinski definition) is 1. The van der Waals surface area contributed by atoms with Gasteiger partial charge in [-0.3, -0.25) is 4.90 Å². The number of ether oxygens (including phenoxy) is 1. The molecule has 0 fully saturated rings. The van der Waals surface area contributed by atoms with Crippen molar-refractivity contribution >= 4 is 23.2 Å². The summed E-state index contributed by atoms with van der Waals surface area (Å²) in [5, 5.41) is 11.6. The predicted octanol–water partition coefficient (Wildman–Crippen LogP) is 4.79. The summed E-state index contributed by atoms with van der Waals surface area (Å²) in [6.07, 6.45) is 3.74. The van der Waals surface area contributed by atoms with Crippen LogP contribution < -0.4 is 4.74 Å². The highest BCUT2D eigenvalue weighted by molar-refractivity contribution is 5.87. The van der Waals surface area contributed by atoms with Gasteiger partial charge in [0.2, 0.25) is 5.88 Å². The van der Waals surface area contributed by atoms with Crippen molar-refractivity contribution in [2.75, 3.05) is 26.2 Å². The Morgan fingerprint density at radius 3 is 2.41 bits per heavy atom. The molecule has 152 valence electrons. The summed E-state index contributed by atoms with van der Waals surface area (Å²) in [5.74, 6) is 1.44. The Morgan fingerprint density at radius 1 is 1.00 bits per heavy atom. The van der Waals surface area contributed by atoms with Gasteiger partial charge in [-0.2, -0.15) is 4.98 Å². The molecule has 0 bridgehead atoms. The van der Waals surface area contributed by atoms with Crippen molar-refractivity contribution in [1.82, 2.24) is 14.9 Å². The summed E-state index contributed by atoms with van der Waals surface area (Å²) in [4.78, 5) is 11.3. The third-order valence-corrected chi connectivity index (χ3v) is 4.34. The zero-order valence-electron chi connectivity index (χ0n) is 16.5. The molecule has 29 heavy (non-hydrogen) atoms. The van der Waals surface area contributed by atoms with Crippen LogP contribution in [0.3, 0.4) is 0 Å². The Kier molecular flexibility index (Phi) is 8.19. The quantitative estimate of drug-likeness (QED) is 0.513. The second-order valence-electron chi connectivity index (χ2n) is 6.60. The Hall–Kier alpha value is -2.89. The molecule has 0 aliphatic rings. The number of rotatable bonds is 9. The smallest absolute Gasteiger partial charge is 0.217 e. The number of fused-ring (bicyclic) bond motifs is 1. The Labute approximate surface area is 177 Å². The number of aryl methyl sites for hydroxylation is 1. The average molecular weight is 412 g/mol. The van der Waals surface area contributed by atoms with Crippen LogP contribution in [0.1, 0.15) is 5.69 Å². The number of phenols is 1. The lowest BCUT2D eigenvalue weighted by molar-refractivity contribution is 0.230. The van der Waals surface area contributed by atoms with Gasteiger partial charge in [0.15, 0.2) is 5.82 Å². The van der Waals surface area contributed by atoms with Gasteiger partial charge < -0.3 is 9.84 Å². The molecule has 0 amide bonds. The number of aromatic nitrogens is 2. The van der Waals surface area contributed by atoms with Gasteiger partial charge in [-0.25, -0.2) is 4.98 Å². The highest BCUT2D eigenvalue weighted by Crippen LogP contribution is 2.26. The highest BCUT2D eigenvalue weighted by atomic mass is 35.5. The SMILES string of the molecule is C=CCN(CC=C)CCOc1cc(C)nc(-c2ccc3cc(O)ccc3c2)n1.Cl. The first-order valence-electron chi connectivity index (χ1n) is 9.25. The summed E-state index contributed by atoms with van der Waals surface area (Å²) < 4.78 is 5.88. The molecule has 0 atom stereocenters. The van der Waals surface area contributed by atoms with Crippen molar-refractivity contribution in [3.63, 3.8) is 0 Å². The zero-order valence-corrected chi connectivity index (χ0v) is 17.4. The van der Waals surface area contributed by atoms with Gasteiger partial charge in [-0.05, 0) is 35.9 Å². The molecule has 0 saturated carbocycles. The number of benzene rings is 2. The Bertz CT molecular complexity index is 981. The molecular formula is C23H26ClN3O2. The monoisotopic (exact) mass is 411 g/mol. The van der Waals surface area contributed by atoms with Crippen molar-refractivity contribution in [1.29, 1.82) is 0 Å². The number of nitrogens with zero attached hydrogens (tertiary/aromatic N) is 3. The van der Waals surface area contributed by atoms with Crippen LogP contribution in [0, 0.1) is 6.92 Å². The lowest BCUT2D eigenvalue weighted by atomic mass is 10.1. The normalized spacial score (nSPS) is 10.6. The maximum atomic E-state index is 9.62. The summed E-state index contributed by atoms with van der Waals surface area (Å²) >= 11 is 0. The lowest BCUT2D eigenvalue weighted by Gasteiger charge is -2.18. The van der Waals surface area contributed by atoms with Crippen molar-refractivity contribution in [3.8, 4) is 23.0 Å². The van der Waals surface area contributed by atoms with Crippen LogP contribution >= 0.6 is 12.4 Å². The lowest BCUT2D eigenvalue weighted by Crippen LogP contribution is -2.28. The largest absolute Gasteiger partial charge is 0.508 e. The molecule has 3 aromatic rings. The fourth-order valence-corrected chi connectivity index (χ4v) is 3.02. The standard InChI is InChI=1S/C23H25N3O2.ClH/c1-4-10-26(11-5-2)12-13-28-22-14-17(3)24-23(25-22)20-7-6-19-16-21(27)9-8-18(19)15-20;/h4-9,14-16,27H,1-2,10-13H2,3H3;1H. The minimum absolute atomic E-state index is 0. The van der Waals surface area contributed by atoms with E-state index in [1.165, 1.54) is 0 Å². The van der Waals surface area contributed by atoms with Gasteiger partial charge >= 0.3 is 0 Å². The number of phenolic OH excluding ortho intramolecular Hbond substituents is 1. The first-order valence-corrected chi connectivity index (χ1v) is 9.25. The topological polar surface area (TPSA) is 58.5 Å². The summed E-state index contributed by atoms with van der Waals surface area (Å²) in [7, 11) is 0. The van der Waals surface area contributed by atoms with E-state index in [0.29, 0.717) is 18.3 Å². The molecule has 5 nitrogen and oxygen atoms in total. The molecule has 0 aliphatic heterocycles. The number of aromatic hydroxyl groups is 1. The van der Waals surface area contributed by atoms with E-state index in [4.69, 9.17) is 4.74 Å². The molecule has 0 spiro atoms. The van der Waals surface area contributed by atoms with E-state index in [-0.39, 0.29) is 18.2 Å². The minimum Gasteiger partial charge on any atom is -0.508 e. The first kappa shape index (κ1) is 22.4. The van der Waals surface area contributed by atoms with E-state index in [1.54, 1.807) is 12.1 Å². The maximum Gasteiger partial charge on any atom is 0.217 e. The molecule has 3 rings (SSSR count). The molecular weight excluding hydrogens is 386 g/mol. The van der Waals surface area contributed by atoms with Gasteiger partial charge in [-0.15, -0.1) is 25.6 Å². The van der Waals surface area contributed by atoms with Crippen molar-refractivity contribution in [2.24, 2.45) is 0 Å². The second kappa shape index (κ2) is 10.6. The van der Waals surface area contributed by atoms with E-state index in [1.807, 2.05) is 49.4 Å². The second-order valence-corrected chi connectivity index (χ2v) is 6.60. The van der Waals surface area contributed by atoms with Gasteiger partial charge in [0, 0.05) is 37.0 Å². The summed E-state index contributed by atoms with van der Waals surface area (Å²) in [6, 6.07) is 13.1. The predicted molar refractivity (Wildman–Crippen MR) is 121 cm³/mol. The molecule has 1 heterocycles. The molecule has 0 aliphatic carbocycles. The van der Waals surface area contributed by atoms with Crippen molar-refractivity contribution in [3.05, 3.63) is 73.5 Å². The van der Waals surface area contributed by atoms with Gasteiger partial charge in [0.1, 0.15) is 12.4 Å². The van der Waals surface area contributed by atoms with E-state index in [0.717, 1.165) is 41.7 Å². The fourth-order valence-electron chi connectivity index (χ4n) is 3.02. The molecule has 2 aromatic carbocycles. The highest BCUT2D eigenvalue weighted by Gasteiger charge is 2.08. The number of halogens is 1. The van der Waals surface area contributed by atoms with Crippen LogP contribution in [0.25, 0.3) is 22.2 Å². The molecule has 1 N–H and O–H groups in total. The van der Waals surface area contributed by atoms with Gasteiger partial charge in [-0.1, -0.05) is 30.4 Å². The molecule has 0 radical (unpaired) electrons. The van der Waals surface area contributed by atoms with Crippen LogP contribution in [0.5, 0.6) is 11.6 Å². The van der Waals surface area contributed by atoms with E-state index in [2.05, 4.69) is 28.0 Å². The third kappa shape index (κ3) is 6.04. The Morgan fingerprint density at radius 2 is 1.69 bits per heavy atom. The molecule has 0 saturated heterocycles. The van der Waals surface area contributed by atoms with Crippen LogP contribution in [0.2, 0.25) is 0 Å². The van der Waals surface area contributed by atoms with E-state index < -0.39 is 0 Å². The zero-order chi connectivity index (χ0) is 19.9. The van der Waals surface area contributed by atoms with E-state index in [9.17, 15) is 5.11 Å². The van der Waals surface area contributed by atoms with Crippen LogP contribution in [0.15, 0.2) is 67.8 Å². The summed E-state index contributed by atoms with van der Waals surface area (Å²) in [5.41, 5.74) is 1.76. The van der Waals surface area contributed by atoms with Crippen molar-refractivity contribution in [2.45, 2.75) is 6.92 Å². The molecule has 0 unspecified atom stereocenters. The fraction of sp³-hybridized carbons (Fsp3) is 0.217.